The molecule has 0 aliphatic heterocycles. The summed E-state index contributed by atoms with van der Waals surface area (Å²) in [7, 11) is 2.93. The van der Waals surface area contributed by atoms with Crippen LogP contribution in [0.1, 0.15) is 29.0 Å². The molecule has 154 valence electrons. The number of aromatic nitrogens is 4. The van der Waals surface area contributed by atoms with Gasteiger partial charge in [-0.3, -0.25) is 4.79 Å². The van der Waals surface area contributed by atoms with Crippen LogP contribution in [0.25, 0.3) is 33.4 Å². The number of benzene rings is 1. The minimum absolute atomic E-state index is 0.170. The summed E-state index contributed by atoms with van der Waals surface area (Å²) in [5.74, 6) is 0.585. The number of rotatable bonds is 4. The number of carbonyl (C=O) groups excluding carboxylic acids is 1. The lowest BCUT2D eigenvalue weighted by atomic mass is 10.0. The van der Waals surface area contributed by atoms with Gasteiger partial charge in [0.1, 0.15) is 17.1 Å². The lowest BCUT2D eigenvalue weighted by molar-refractivity contribution is 0.0595. The van der Waals surface area contributed by atoms with Crippen LogP contribution in [0.15, 0.2) is 39.6 Å². The molecule has 30 heavy (non-hydrogen) atoms. The van der Waals surface area contributed by atoms with Gasteiger partial charge in [-0.25, -0.2) is 14.8 Å². The molecule has 0 N–H and O–H groups in total. The van der Waals surface area contributed by atoms with Gasteiger partial charge in [0.05, 0.1) is 23.9 Å². The Bertz CT molecular complexity index is 1330. The highest BCUT2D eigenvalue weighted by molar-refractivity contribution is 6.01. The van der Waals surface area contributed by atoms with E-state index in [1.807, 2.05) is 41.8 Å². The van der Waals surface area contributed by atoms with Crippen LogP contribution in [0, 0.1) is 13.8 Å². The molecule has 3 heterocycles. The summed E-state index contributed by atoms with van der Waals surface area (Å²) in [6.45, 7) is 6.14. The Kier molecular flexibility index (Phi) is 4.77. The Labute approximate surface area is 172 Å². The number of carbonyl (C=O) groups is 1. The van der Waals surface area contributed by atoms with Gasteiger partial charge < -0.3 is 13.8 Å². The maximum absolute atomic E-state index is 12.3. The van der Waals surface area contributed by atoms with Crippen LogP contribution in [0.2, 0.25) is 0 Å². The number of methoxy groups -OCH3 is 1. The molecule has 0 saturated carbocycles. The van der Waals surface area contributed by atoms with Crippen LogP contribution in [0.5, 0.6) is 0 Å². The van der Waals surface area contributed by atoms with Crippen molar-refractivity contribution in [3.63, 3.8) is 0 Å². The van der Waals surface area contributed by atoms with Crippen molar-refractivity contribution in [3.8, 4) is 22.4 Å². The van der Waals surface area contributed by atoms with Gasteiger partial charge in [0.25, 0.3) is 5.56 Å². The van der Waals surface area contributed by atoms with E-state index in [9.17, 15) is 9.59 Å². The van der Waals surface area contributed by atoms with E-state index in [-0.39, 0.29) is 11.3 Å². The average molecular weight is 406 g/mol. The molecule has 3 aromatic heterocycles. The molecular weight excluding hydrogens is 384 g/mol. The monoisotopic (exact) mass is 406 g/mol. The van der Waals surface area contributed by atoms with Gasteiger partial charge in [-0.15, -0.1) is 0 Å². The average Bonchev–Trinajstić information content (AvgIpc) is 3.22. The van der Waals surface area contributed by atoms with Crippen molar-refractivity contribution >= 4 is 17.0 Å². The van der Waals surface area contributed by atoms with E-state index in [4.69, 9.17) is 9.26 Å². The zero-order valence-corrected chi connectivity index (χ0v) is 17.5. The van der Waals surface area contributed by atoms with E-state index < -0.39 is 5.97 Å². The molecule has 0 unspecified atom stereocenters. The van der Waals surface area contributed by atoms with Crippen LogP contribution < -0.4 is 5.56 Å². The van der Waals surface area contributed by atoms with Crippen molar-refractivity contribution in [2.24, 2.45) is 7.05 Å². The molecule has 0 aliphatic carbocycles. The second-order valence-electron chi connectivity index (χ2n) is 7.02. The standard InChI is InChI=1S/C22H22N4O4/c1-6-26-17(11-16-20(26)19(22(28)29-5)24-13(3)23-16)14-7-9-15(10-8-14)18-12(2)30-25(4)21(18)27/h7-11H,6H2,1-5H3. The van der Waals surface area contributed by atoms with Crippen molar-refractivity contribution in [3.05, 3.63) is 58.0 Å². The first-order valence-corrected chi connectivity index (χ1v) is 9.59. The first-order chi connectivity index (χ1) is 14.3. The highest BCUT2D eigenvalue weighted by Crippen LogP contribution is 2.31. The third kappa shape index (κ3) is 3.01. The van der Waals surface area contributed by atoms with Gasteiger partial charge in [0.2, 0.25) is 0 Å². The molecule has 0 spiro atoms. The van der Waals surface area contributed by atoms with Crippen LogP contribution in [-0.2, 0) is 18.3 Å². The summed E-state index contributed by atoms with van der Waals surface area (Å²) >= 11 is 0. The van der Waals surface area contributed by atoms with Crippen LogP contribution in [0.3, 0.4) is 0 Å². The Balaban J connectivity index is 1.87. The number of hydrogen-bond acceptors (Lipinski definition) is 6. The first-order valence-electron chi connectivity index (χ1n) is 9.59. The molecule has 0 fully saturated rings. The van der Waals surface area contributed by atoms with E-state index >= 15 is 0 Å². The van der Waals surface area contributed by atoms with Gasteiger partial charge in [-0.1, -0.05) is 24.3 Å². The molecule has 0 saturated heterocycles. The number of aryl methyl sites for hydroxylation is 4. The van der Waals surface area contributed by atoms with Gasteiger partial charge in [-0.05, 0) is 38.0 Å². The molecule has 0 bridgehead atoms. The molecule has 4 aromatic rings. The summed E-state index contributed by atoms with van der Waals surface area (Å²) in [5, 5.41) is 0. The third-order valence-electron chi connectivity index (χ3n) is 5.15. The van der Waals surface area contributed by atoms with E-state index in [1.54, 1.807) is 20.9 Å². The fourth-order valence-electron chi connectivity index (χ4n) is 3.82. The minimum atomic E-state index is -0.494. The second-order valence-corrected chi connectivity index (χ2v) is 7.02. The van der Waals surface area contributed by atoms with Gasteiger partial charge in [0.15, 0.2) is 5.69 Å². The van der Waals surface area contributed by atoms with E-state index in [0.717, 1.165) is 16.8 Å². The summed E-state index contributed by atoms with van der Waals surface area (Å²) in [4.78, 5) is 33.4. The van der Waals surface area contributed by atoms with E-state index in [2.05, 4.69) is 9.97 Å². The van der Waals surface area contributed by atoms with Gasteiger partial charge in [0, 0.05) is 13.6 Å². The molecule has 8 heteroatoms. The number of ether oxygens (including phenoxy) is 1. The van der Waals surface area contributed by atoms with Crippen molar-refractivity contribution in [1.29, 1.82) is 0 Å². The van der Waals surface area contributed by atoms with Gasteiger partial charge >= 0.3 is 5.97 Å². The van der Waals surface area contributed by atoms with Crippen LogP contribution >= 0.6 is 0 Å². The molecule has 0 atom stereocenters. The van der Waals surface area contributed by atoms with Crippen molar-refractivity contribution < 1.29 is 14.1 Å². The predicted molar refractivity (Wildman–Crippen MR) is 112 cm³/mol. The lowest BCUT2D eigenvalue weighted by Gasteiger charge is -2.10. The lowest BCUT2D eigenvalue weighted by Crippen LogP contribution is -2.11. The Morgan fingerprint density at radius 1 is 1.13 bits per heavy atom. The first kappa shape index (κ1) is 19.6. The minimum Gasteiger partial charge on any atom is -0.464 e. The van der Waals surface area contributed by atoms with Crippen molar-refractivity contribution in [1.82, 2.24) is 19.3 Å². The van der Waals surface area contributed by atoms with Gasteiger partial charge in [-0.2, -0.15) is 4.74 Å². The quantitative estimate of drug-likeness (QED) is 0.482. The molecule has 0 aliphatic rings. The van der Waals surface area contributed by atoms with Crippen LogP contribution in [0.4, 0.5) is 0 Å². The Morgan fingerprint density at radius 2 is 1.80 bits per heavy atom. The largest absolute Gasteiger partial charge is 0.464 e. The normalized spacial score (nSPS) is 11.2. The number of nitrogens with zero attached hydrogens (tertiary/aromatic N) is 4. The predicted octanol–water partition coefficient (Wildman–Crippen LogP) is 3.48. The molecular formula is C22H22N4O4. The zero-order valence-electron chi connectivity index (χ0n) is 17.5. The van der Waals surface area contributed by atoms with Crippen LogP contribution in [-0.4, -0.2) is 32.4 Å². The summed E-state index contributed by atoms with van der Waals surface area (Å²) in [5.41, 5.74) is 4.59. The highest BCUT2D eigenvalue weighted by atomic mass is 16.5. The topological polar surface area (TPSA) is 92.1 Å². The zero-order chi connectivity index (χ0) is 21.6. The van der Waals surface area contributed by atoms with E-state index in [0.29, 0.717) is 34.7 Å². The summed E-state index contributed by atoms with van der Waals surface area (Å²) in [6, 6.07) is 9.62. The van der Waals surface area contributed by atoms with Crippen molar-refractivity contribution in [2.75, 3.05) is 7.11 Å². The molecule has 4 rings (SSSR count). The Hall–Kier alpha value is -3.68. The Morgan fingerprint density at radius 3 is 2.37 bits per heavy atom. The molecule has 1 aromatic carbocycles. The third-order valence-corrected chi connectivity index (χ3v) is 5.15. The molecule has 8 nitrogen and oxygen atoms in total. The fraction of sp³-hybridized carbons (Fsp3) is 0.273. The summed E-state index contributed by atoms with van der Waals surface area (Å²) < 4.78 is 13.5. The summed E-state index contributed by atoms with van der Waals surface area (Å²) in [6.07, 6.45) is 0. The SMILES string of the molecule is CCn1c(-c2ccc(-c3c(C)on(C)c3=O)cc2)cc2nc(C)nc(C(=O)OC)c21. The fourth-order valence-corrected chi connectivity index (χ4v) is 3.82. The number of esters is 1. The van der Waals surface area contributed by atoms with E-state index in [1.165, 1.54) is 11.8 Å². The maximum Gasteiger partial charge on any atom is 0.359 e. The number of fused-ring (bicyclic) bond motifs is 1. The molecule has 0 amide bonds. The smallest absolute Gasteiger partial charge is 0.359 e. The number of hydrogen-bond donors (Lipinski definition) is 0. The second kappa shape index (κ2) is 7.29. The molecule has 0 radical (unpaired) electrons. The maximum atomic E-state index is 12.3. The highest BCUT2D eigenvalue weighted by Gasteiger charge is 2.21. The van der Waals surface area contributed by atoms with Crippen molar-refractivity contribution in [2.45, 2.75) is 27.3 Å².